The Labute approximate surface area is 426 Å². The predicted molar refractivity (Wildman–Crippen MR) is 285 cm³/mol. The molecule has 6 unspecified atom stereocenters. The first-order chi connectivity index (χ1) is 34.1. The fourth-order valence-electron chi connectivity index (χ4n) is 8.17. The van der Waals surface area contributed by atoms with Gasteiger partial charge in [-0.2, -0.15) is 8.42 Å². The molecule has 1 heterocycles. The van der Waals surface area contributed by atoms with Gasteiger partial charge >= 0.3 is 16.4 Å². The van der Waals surface area contributed by atoms with Crippen LogP contribution in [0.2, 0.25) is 0 Å². The van der Waals surface area contributed by atoms with Crippen LogP contribution in [-0.2, 0) is 38.3 Å². The van der Waals surface area contributed by atoms with Gasteiger partial charge in [0.2, 0.25) is 0 Å². The van der Waals surface area contributed by atoms with E-state index in [2.05, 4.69) is 90.9 Å². The molecule has 13 heteroatoms. The highest BCUT2D eigenvalue weighted by Gasteiger charge is 2.48. The molecule has 1 rings (SSSR count). The number of carbonyl (C=O) groups is 1. The summed E-state index contributed by atoms with van der Waals surface area (Å²) < 4.78 is 59.4. The molecule has 70 heavy (non-hydrogen) atoms. The molecule has 12 nitrogen and oxygen atoms in total. The van der Waals surface area contributed by atoms with Gasteiger partial charge < -0.3 is 34.3 Å². The van der Waals surface area contributed by atoms with Gasteiger partial charge in [0.05, 0.1) is 19.8 Å². The highest BCUT2D eigenvalue weighted by molar-refractivity contribution is 7.80. The van der Waals surface area contributed by atoms with Crippen LogP contribution in [0.25, 0.3) is 0 Å². The molecule has 1 aliphatic rings. The smallest absolute Gasteiger partial charge is 0.397 e. The third-order valence-corrected chi connectivity index (χ3v) is 12.8. The van der Waals surface area contributed by atoms with E-state index >= 15 is 0 Å². The quantitative estimate of drug-likeness (QED) is 0.0197. The minimum absolute atomic E-state index is 0.0263. The van der Waals surface area contributed by atoms with Crippen molar-refractivity contribution in [3.05, 3.63) is 72.9 Å². The van der Waals surface area contributed by atoms with Gasteiger partial charge in [-0.1, -0.05) is 202 Å². The normalized spacial score (nSPS) is 19.7. The summed E-state index contributed by atoms with van der Waals surface area (Å²) in [6.45, 7) is 3.86. The van der Waals surface area contributed by atoms with Gasteiger partial charge in [-0.15, -0.1) is 0 Å². The van der Waals surface area contributed by atoms with E-state index in [9.17, 15) is 33.1 Å². The van der Waals surface area contributed by atoms with Crippen molar-refractivity contribution < 1.29 is 56.2 Å². The predicted octanol–water partition coefficient (Wildman–Crippen LogP) is 13.4. The largest absolute Gasteiger partial charge is 0.457 e. The lowest BCUT2D eigenvalue weighted by molar-refractivity contribution is -0.301. The second-order valence-electron chi connectivity index (χ2n) is 18.8. The van der Waals surface area contributed by atoms with E-state index in [4.69, 9.17) is 18.9 Å². The SMILES string of the molecule is CC/C=C\C/C=C\C/C=C\CCCCCCCCCCOCC(COC1OC(CO)C(O)C(OS(=O)(=O)O)C1O)OC(=O)CCCCCCCCCCCC/C=C\C/C=C\C/C=C\CCCCCCC. The Hall–Kier alpha value is -2.46. The third-order valence-electron chi connectivity index (χ3n) is 12.3. The second-order valence-corrected chi connectivity index (χ2v) is 19.8. The first-order valence-corrected chi connectivity index (χ1v) is 29.1. The lowest BCUT2D eigenvalue weighted by Gasteiger charge is -2.41. The standard InChI is InChI=1S/C57H100O12S/c1-3-5-7-9-11-13-15-17-19-21-23-24-25-26-27-28-29-30-32-34-36-38-40-42-44-46-53(59)67-51(50-66-57-55(61)56(69-70(62,63)64)54(60)52(48-58)68-57)49-65-47-45-43-41-39-37-35-33-31-22-20-18-16-14-12-10-8-6-4-2/h6,8,12,14-15,17-18,20-21,23,25-26,51-52,54-58,60-61H,3-5,7,9-11,13,16,19,22,24,27-50H2,1-2H3,(H,62,63,64)/b8-6-,14-12-,17-15-,20-18-,23-21-,26-25-. The van der Waals surface area contributed by atoms with Crippen LogP contribution >= 0.6 is 0 Å². The molecule has 1 aliphatic heterocycles. The zero-order valence-corrected chi connectivity index (χ0v) is 44.6. The average molecular weight is 1010 g/mol. The summed E-state index contributed by atoms with van der Waals surface area (Å²) in [4.78, 5) is 12.9. The number of allylic oxidation sites excluding steroid dienone is 12. The number of aliphatic hydroxyl groups excluding tert-OH is 3. The summed E-state index contributed by atoms with van der Waals surface area (Å²) in [5.41, 5.74) is 0. The fraction of sp³-hybridized carbons (Fsp3) is 0.772. The molecular weight excluding hydrogens is 909 g/mol. The van der Waals surface area contributed by atoms with E-state index in [1.807, 2.05) is 0 Å². The molecule has 1 fully saturated rings. The van der Waals surface area contributed by atoms with Gasteiger partial charge in [-0.05, 0) is 83.5 Å². The van der Waals surface area contributed by atoms with Crippen LogP contribution in [0, 0.1) is 0 Å². The summed E-state index contributed by atoms with van der Waals surface area (Å²) in [6, 6.07) is 0. The first-order valence-electron chi connectivity index (χ1n) is 27.7. The minimum atomic E-state index is -5.07. The van der Waals surface area contributed by atoms with Crippen molar-refractivity contribution in [2.75, 3.05) is 26.4 Å². The molecule has 6 atom stereocenters. The van der Waals surface area contributed by atoms with Crippen molar-refractivity contribution in [2.24, 2.45) is 0 Å². The molecular formula is C57H100O12S. The molecule has 4 N–H and O–H groups in total. The number of rotatable bonds is 48. The van der Waals surface area contributed by atoms with Crippen LogP contribution in [0.5, 0.6) is 0 Å². The summed E-state index contributed by atoms with van der Waals surface area (Å²) in [5, 5.41) is 30.8. The summed E-state index contributed by atoms with van der Waals surface area (Å²) in [7, 11) is -5.07. The highest BCUT2D eigenvalue weighted by Crippen LogP contribution is 2.26. The molecule has 406 valence electrons. The van der Waals surface area contributed by atoms with Crippen LogP contribution in [0.1, 0.15) is 219 Å². The molecule has 0 aromatic carbocycles. The van der Waals surface area contributed by atoms with E-state index in [1.165, 1.54) is 109 Å². The van der Waals surface area contributed by atoms with E-state index in [0.29, 0.717) is 13.0 Å². The summed E-state index contributed by atoms with van der Waals surface area (Å²) >= 11 is 0. The highest BCUT2D eigenvalue weighted by atomic mass is 32.3. The van der Waals surface area contributed by atoms with E-state index in [1.54, 1.807) is 0 Å². The van der Waals surface area contributed by atoms with Gasteiger partial charge in [0.1, 0.15) is 30.5 Å². The molecule has 0 bridgehead atoms. The maximum absolute atomic E-state index is 12.9. The van der Waals surface area contributed by atoms with E-state index in [0.717, 1.165) is 83.5 Å². The van der Waals surface area contributed by atoms with Gasteiger partial charge in [-0.25, -0.2) is 4.18 Å². The number of esters is 1. The van der Waals surface area contributed by atoms with Crippen LogP contribution < -0.4 is 0 Å². The van der Waals surface area contributed by atoms with Crippen molar-refractivity contribution in [1.82, 2.24) is 0 Å². The Bertz CT molecular complexity index is 1490. The van der Waals surface area contributed by atoms with Gasteiger partial charge in [-0.3, -0.25) is 9.35 Å². The van der Waals surface area contributed by atoms with Crippen LogP contribution in [0.15, 0.2) is 72.9 Å². The lowest BCUT2D eigenvalue weighted by atomic mass is 9.99. The first kappa shape index (κ1) is 65.6. The molecule has 1 saturated heterocycles. The number of hydrogen-bond acceptors (Lipinski definition) is 11. The van der Waals surface area contributed by atoms with E-state index < -0.39 is 59.8 Å². The van der Waals surface area contributed by atoms with Crippen LogP contribution in [0.4, 0.5) is 0 Å². The molecule has 0 aliphatic carbocycles. The fourth-order valence-corrected chi connectivity index (χ4v) is 8.67. The molecule has 0 aromatic rings. The molecule has 0 radical (unpaired) electrons. The Morgan fingerprint density at radius 2 is 0.986 bits per heavy atom. The zero-order chi connectivity index (χ0) is 51.0. The minimum Gasteiger partial charge on any atom is -0.457 e. The molecule has 0 aromatic heterocycles. The van der Waals surface area contributed by atoms with Gasteiger partial charge in [0, 0.05) is 13.0 Å². The Balaban J connectivity index is 2.32. The Kier molecular flexibility index (Phi) is 44.5. The van der Waals surface area contributed by atoms with Crippen molar-refractivity contribution in [2.45, 2.75) is 256 Å². The second kappa shape index (κ2) is 47.5. The van der Waals surface area contributed by atoms with Crippen molar-refractivity contribution in [1.29, 1.82) is 0 Å². The number of hydrogen-bond donors (Lipinski definition) is 4. The molecule has 0 amide bonds. The van der Waals surface area contributed by atoms with Crippen molar-refractivity contribution in [3.63, 3.8) is 0 Å². The van der Waals surface area contributed by atoms with Crippen LogP contribution in [0.3, 0.4) is 0 Å². The monoisotopic (exact) mass is 1010 g/mol. The average Bonchev–Trinajstić information content (AvgIpc) is 3.34. The number of aliphatic hydroxyl groups is 3. The van der Waals surface area contributed by atoms with Crippen molar-refractivity contribution >= 4 is 16.4 Å². The molecule has 0 spiro atoms. The van der Waals surface area contributed by atoms with E-state index in [-0.39, 0.29) is 19.6 Å². The number of ether oxygens (including phenoxy) is 4. The Morgan fingerprint density at radius 1 is 0.557 bits per heavy atom. The van der Waals surface area contributed by atoms with Gasteiger partial charge in [0.15, 0.2) is 6.29 Å². The Morgan fingerprint density at radius 3 is 1.44 bits per heavy atom. The number of unbranched alkanes of at least 4 members (excludes halogenated alkanes) is 23. The summed E-state index contributed by atoms with van der Waals surface area (Å²) in [5.74, 6) is -0.407. The maximum atomic E-state index is 12.9. The van der Waals surface area contributed by atoms with Crippen molar-refractivity contribution in [3.8, 4) is 0 Å². The topological polar surface area (TPSA) is 178 Å². The number of carbonyl (C=O) groups excluding carboxylic acids is 1. The van der Waals surface area contributed by atoms with Crippen LogP contribution in [-0.4, -0.2) is 97.5 Å². The van der Waals surface area contributed by atoms with Gasteiger partial charge in [0.25, 0.3) is 0 Å². The summed E-state index contributed by atoms with van der Waals surface area (Å²) in [6.07, 6.45) is 53.6. The molecule has 0 saturated carbocycles. The zero-order valence-electron chi connectivity index (χ0n) is 43.8. The lowest BCUT2D eigenvalue weighted by Crippen LogP contribution is -2.60. The maximum Gasteiger partial charge on any atom is 0.397 e. The third kappa shape index (κ3) is 40.1.